The van der Waals surface area contributed by atoms with Crippen LogP contribution in [0.15, 0.2) is 12.2 Å². The molecule has 0 spiro atoms. The van der Waals surface area contributed by atoms with Crippen molar-refractivity contribution in [2.24, 2.45) is 53.3 Å². The normalized spacial score (nSPS) is 68.9. The van der Waals surface area contributed by atoms with Gasteiger partial charge in [-0.2, -0.15) is 0 Å². The summed E-state index contributed by atoms with van der Waals surface area (Å²) in [6.07, 6.45) is 11.3. The van der Waals surface area contributed by atoms with Crippen molar-refractivity contribution in [2.75, 3.05) is 0 Å². The molecule has 16 heavy (non-hydrogen) atoms. The van der Waals surface area contributed by atoms with Gasteiger partial charge in [0.15, 0.2) is 0 Å². The van der Waals surface area contributed by atoms with E-state index in [2.05, 4.69) is 19.1 Å². The average molecular weight is 214 g/mol. The van der Waals surface area contributed by atoms with E-state index in [1.807, 2.05) is 0 Å². The summed E-state index contributed by atoms with van der Waals surface area (Å²) in [7, 11) is 0. The van der Waals surface area contributed by atoms with Crippen LogP contribution in [0, 0.1) is 53.3 Å². The summed E-state index contributed by atoms with van der Waals surface area (Å²) in [5, 5.41) is 0. The van der Waals surface area contributed by atoms with Gasteiger partial charge >= 0.3 is 0 Å². The summed E-state index contributed by atoms with van der Waals surface area (Å²) in [6.45, 7) is 2.54. The predicted octanol–water partition coefficient (Wildman–Crippen LogP) is 3.74. The van der Waals surface area contributed by atoms with Gasteiger partial charge in [-0.15, -0.1) is 0 Å². The van der Waals surface area contributed by atoms with Crippen molar-refractivity contribution in [3.8, 4) is 0 Å². The molecule has 86 valence electrons. The Morgan fingerprint density at radius 2 is 1.81 bits per heavy atom. The Morgan fingerprint density at radius 1 is 0.875 bits per heavy atom. The first kappa shape index (κ1) is 8.78. The molecule has 4 fully saturated rings. The third kappa shape index (κ3) is 0.772. The lowest BCUT2D eigenvalue weighted by atomic mass is 9.62. The summed E-state index contributed by atoms with van der Waals surface area (Å²) >= 11 is 0. The molecule has 0 aromatic carbocycles. The van der Waals surface area contributed by atoms with E-state index >= 15 is 0 Å². The van der Waals surface area contributed by atoms with Gasteiger partial charge in [-0.1, -0.05) is 19.1 Å². The Labute approximate surface area is 98.5 Å². The van der Waals surface area contributed by atoms with E-state index in [0.29, 0.717) is 0 Å². The maximum atomic E-state index is 2.60. The molecule has 9 atom stereocenters. The van der Waals surface area contributed by atoms with Crippen molar-refractivity contribution < 1.29 is 0 Å². The monoisotopic (exact) mass is 214 g/mol. The first-order valence-corrected chi connectivity index (χ1v) is 7.51. The van der Waals surface area contributed by atoms with Crippen LogP contribution in [0.3, 0.4) is 0 Å². The molecule has 0 radical (unpaired) electrons. The van der Waals surface area contributed by atoms with Gasteiger partial charge in [0.05, 0.1) is 0 Å². The fraction of sp³-hybridized carbons (Fsp3) is 0.875. The maximum absolute atomic E-state index is 2.60. The van der Waals surface area contributed by atoms with E-state index in [1.165, 1.54) is 18.3 Å². The van der Waals surface area contributed by atoms with Gasteiger partial charge in [-0.05, 0) is 78.9 Å². The largest absolute Gasteiger partial charge is 0.0879 e. The highest BCUT2D eigenvalue weighted by Crippen LogP contribution is 2.72. The molecular weight excluding hydrogens is 192 g/mol. The lowest BCUT2D eigenvalue weighted by Crippen LogP contribution is -2.38. The van der Waals surface area contributed by atoms with Crippen LogP contribution >= 0.6 is 0 Å². The summed E-state index contributed by atoms with van der Waals surface area (Å²) in [5.74, 6) is 10.1. The van der Waals surface area contributed by atoms with Gasteiger partial charge < -0.3 is 0 Å². The van der Waals surface area contributed by atoms with Gasteiger partial charge in [-0.25, -0.2) is 0 Å². The Morgan fingerprint density at radius 3 is 2.75 bits per heavy atom. The molecule has 0 heterocycles. The second-order valence-electron chi connectivity index (χ2n) is 7.50. The standard InChI is InChI=1S/C16H22/c1-8-5-9-6-12(8)16-14-7-13(15(9)16)10-3-2-4-11(10)14/h2-3,8-16H,4-7H2,1H3. The van der Waals surface area contributed by atoms with Crippen LogP contribution in [0.2, 0.25) is 0 Å². The van der Waals surface area contributed by atoms with Crippen LogP contribution in [0.5, 0.6) is 0 Å². The van der Waals surface area contributed by atoms with Crippen molar-refractivity contribution in [1.82, 2.24) is 0 Å². The lowest BCUT2D eigenvalue weighted by Gasteiger charge is -2.42. The van der Waals surface area contributed by atoms with Crippen molar-refractivity contribution >= 4 is 0 Å². The van der Waals surface area contributed by atoms with Crippen molar-refractivity contribution in [1.29, 1.82) is 0 Å². The van der Waals surface area contributed by atoms with Crippen molar-refractivity contribution in [2.45, 2.75) is 32.6 Å². The zero-order valence-corrected chi connectivity index (χ0v) is 10.2. The molecule has 9 unspecified atom stereocenters. The van der Waals surface area contributed by atoms with E-state index < -0.39 is 0 Å². The van der Waals surface area contributed by atoms with E-state index in [0.717, 1.165) is 41.4 Å². The fourth-order valence-corrected chi connectivity index (χ4v) is 7.13. The second kappa shape index (κ2) is 2.60. The van der Waals surface area contributed by atoms with Crippen molar-refractivity contribution in [3.05, 3.63) is 12.2 Å². The third-order valence-electron chi connectivity index (χ3n) is 7.30. The summed E-state index contributed by atoms with van der Waals surface area (Å²) in [6, 6.07) is 0. The van der Waals surface area contributed by atoms with Gasteiger partial charge in [0.2, 0.25) is 0 Å². The molecule has 5 rings (SSSR count). The molecule has 0 aromatic rings. The van der Waals surface area contributed by atoms with Crippen molar-refractivity contribution in [3.63, 3.8) is 0 Å². The lowest BCUT2D eigenvalue weighted by molar-refractivity contribution is 0.0597. The van der Waals surface area contributed by atoms with Gasteiger partial charge in [0.25, 0.3) is 0 Å². The van der Waals surface area contributed by atoms with E-state index in [9.17, 15) is 0 Å². The summed E-state index contributed by atoms with van der Waals surface area (Å²) < 4.78 is 0. The predicted molar refractivity (Wildman–Crippen MR) is 64.7 cm³/mol. The average Bonchev–Trinajstić information content (AvgIpc) is 2.99. The van der Waals surface area contributed by atoms with E-state index in [1.54, 1.807) is 19.3 Å². The minimum absolute atomic E-state index is 1.03. The topological polar surface area (TPSA) is 0 Å². The first-order chi connectivity index (χ1) is 7.84. The van der Waals surface area contributed by atoms with Crippen LogP contribution in [-0.2, 0) is 0 Å². The number of hydrogen-bond donors (Lipinski definition) is 0. The number of rotatable bonds is 0. The Bertz CT molecular complexity index is 368. The third-order valence-corrected chi connectivity index (χ3v) is 7.30. The highest BCUT2D eigenvalue weighted by atomic mass is 14.7. The Balaban J connectivity index is 1.58. The van der Waals surface area contributed by atoms with Crippen LogP contribution in [0.25, 0.3) is 0 Å². The molecular formula is C16H22. The number of hydrogen-bond acceptors (Lipinski definition) is 0. The van der Waals surface area contributed by atoms with Crippen LogP contribution in [0.1, 0.15) is 32.6 Å². The summed E-state index contributed by atoms with van der Waals surface area (Å²) in [4.78, 5) is 0. The molecule has 5 aliphatic carbocycles. The molecule has 0 aliphatic heterocycles. The minimum atomic E-state index is 1.03. The summed E-state index contributed by atoms with van der Waals surface area (Å²) in [5.41, 5.74) is 0. The molecule has 5 aliphatic rings. The molecule has 0 saturated heterocycles. The Kier molecular flexibility index (Phi) is 1.42. The molecule has 4 bridgehead atoms. The van der Waals surface area contributed by atoms with Crippen LogP contribution < -0.4 is 0 Å². The quantitative estimate of drug-likeness (QED) is 0.426. The highest BCUT2D eigenvalue weighted by molar-refractivity contribution is 5.20. The molecule has 0 nitrogen and oxygen atoms in total. The SMILES string of the molecule is CC1CC2CC1C1C3CC(C4C=CCC43)C21. The van der Waals surface area contributed by atoms with Gasteiger partial charge in [0, 0.05) is 0 Å². The highest BCUT2D eigenvalue weighted by Gasteiger charge is 2.66. The fourth-order valence-electron chi connectivity index (χ4n) is 7.13. The van der Waals surface area contributed by atoms with E-state index in [4.69, 9.17) is 0 Å². The van der Waals surface area contributed by atoms with Gasteiger partial charge in [-0.3, -0.25) is 0 Å². The molecule has 0 heteroatoms. The molecule has 4 saturated carbocycles. The zero-order valence-electron chi connectivity index (χ0n) is 10.2. The molecule has 0 amide bonds. The first-order valence-electron chi connectivity index (χ1n) is 7.51. The van der Waals surface area contributed by atoms with E-state index in [-0.39, 0.29) is 0 Å². The second-order valence-corrected chi connectivity index (χ2v) is 7.50. The maximum Gasteiger partial charge on any atom is -0.0168 e. The minimum Gasteiger partial charge on any atom is -0.0879 e. The smallest absolute Gasteiger partial charge is 0.0168 e. The van der Waals surface area contributed by atoms with Crippen LogP contribution in [0.4, 0.5) is 0 Å². The number of allylic oxidation sites excluding steroid dienone is 2. The Hall–Kier alpha value is -0.260. The zero-order chi connectivity index (χ0) is 10.4. The number of fused-ring (bicyclic) bond motifs is 12. The molecule has 0 N–H and O–H groups in total. The van der Waals surface area contributed by atoms with Crippen LogP contribution in [-0.4, -0.2) is 0 Å². The van der Waals surface area contributed by atoms with Gasteiger partial charge in [0.1, 0.15) is 0 Å². The molecule has 0 aromatic heterocycles.